The number of hydrogen-bond acceptors (Lipinski definition) is 7. The first-order valence-electron chi connectivity index (χ1n) is 6.74. The molecule has 126 valence electrons. The van der Waals surface area contributed by atoms with E-state index in [1.54, 1.807) is 11.6 Å². The minimum absolute atomic E-state index is 0.0572. The Morgan fingerprint density at radius 3 is 2.17 bits per heavy atom. The fraction of sp³-hybridized carbons (Fsp3) is 0.200. The molecule has 1 heterocycles. The molecular formula is C15H15N3O5S. The molecule has 0 radical (unpaired) electrons. The van der Waals surface area contributed by atoms with Gasteiger partial charge in [-0.25, -0.2) is 9.59 Å². The Bertz CT molecular complexity index is 805. The SMILES string of the molecule is COC(=O)c1cc(NC(=O)Cn2ccsc2=N)cc(C(=O)OC)c1. The van der Waals surface area contributed by atoms with Crippen molar-refractivity contribution in [2.45, 2.75) is 6.54 Å². The highest BCUT2D eigenvalue weighted by Gasteiger charge is 2.15. The number of ether oxygens (including phenoxy) is 2. The van der Waals surface area contributed by atoms with Gasteiger partial charge in [-0.1, -0.05) is 0 Å². The van der Waals surface area contributed by atoms with E-state index in [1.165, 1.54) is 48.3 Å². The van der Waals surface area contributed by atoms with Crippen molar-refractivity contribution in [3.8, 4) is 0 Å². The third-order valence-electron chi connectivity index (χ3n) is 3.05. The number of nitrogens with one attached hydrogen (secondary N) is 2. The fourth-order valence-corrected chi connectivity index (χ4v) is 2.55. The number of methoxy groups -OCH3 is 2. The summed E-state index contributed by atoms with van der Waals surface area (Å²) in [4.78, 5) is 35.7. The van der Waals surface area contributed by atoms with Gasteiger partial charge in [0.25, 0.3) is 0 Å². The maximum atomic E-state index is 12.1. The number of carbonyl (C=O) groups is 3. The van der Waals surface area contributed by atoms with E-state index in [4.69, 9.17) is 5.41 Å². The monoisotopic (exact) mass is 349 g/mol. The molecule has 1 aromatic carbocycles. The fourth-order valence-electron chi connectivity index (χ4n) is 1.95. The molecule has 24 heavy (non-hydrogen) atoms. The van der Waals surface area contributed by atoms with E-state index < -0.39 is 17.8 Å². The average molecular weight is 349 g/mol. The van der Waals surface area contributed by atoms with Crippen LogP contribution in [0.5, 0.6) is 0 Å². The zero-order chi connectivity index (χ0) is 17.7. The summed E-state index contributed by atoms with van der Waals surface area (Å²) in [6, 6.07) is 4.12. The quantitative estimate of drug-likeness (QED) is 0.789. The van der Waals surface area contributed by atoms with Gasteiger partial charge in [-0.3, -0.25) is 10.2 Å². The third-order valence-corrected chi connectivity index (χ3v) is 3.77. The topological polar surface area (TPSA) is 110 Å². The van der Waals surface area contributed by atoms with Crippen molar-refractivity contribution in [1.29, 1.82) is 5.41 Å². The van der Waals surface area contributed by atoms with Crippen LogP contribution in [0, 0.1) is 5.41 Å². The summed E-state index contributed by atoms with van der Waals surface area (Å²) in [5, 5.41) is 11.9. The van der Waals surface area contributed by atoms with Crippen molar-refractivity contribution < 1.29 is 23.9 Å². The van der Waals surface area contributed by atoms with Crippen molar-refractivity contribution in [3.63, 3.8) is 0 Å². The summed E-state index contributed by atoms with van der Waals surface area (Å²) in [5.41, 5.74) is 0.478. The van der Waals surface area contributed by atoms with Gasteiger partial charge in [0.15, 0.2) is 4.80 Å². The number of hydrogen-bond donors (Lipinski definition) is 2. The highest BCUT2D eigenvalue weighted by Crippen LogP contribution is 2.17. The first-order chi connectivity index (χ1) is 11.4. The standard InChI is InChI=1S/C15H15N3O5S/c1-22-13(20)9-5-10(14(21)23-2)7-11(6-9)17-12(19)8-18-3-4-24-15(18)16/h3-7,16H,8H2,1-2H3,(H,17,19). The highest BCUT2D eigenvalue weighted by atomic mass is 32.1. The summed E-state index contributed by atoms with van der Waals surface area (Å²) in [7, 11) is 2.43. The second-order valence-corrected chi connectivity index (χ2v) is 5.56. The normalized spacial score (nSPS) is 10.1. The number of esters is 2. The predicted molar refractivity (Wildman–Crippen MR) is 85.9 cm³/mol. The molecule has 0 spiro atoms. The number of aromatic nitrogens is 1. The van der Waals surface area contributed by atoms with Crippen molar-refractivity contribution >= 4 is 34.9 Å². The number of anilines is 1. The third kappa shape index (κ3) is 4.07. The molecule has 1 amide bonds. The molecule has 2 aromatic rings. The molecule has 0 aliphatic carbocycles. The average Bonchev–Trinajstić information content (AvgIpc) is 2.97. The molecule has 2 N–H and O–H groups in total. The Balaban J connectivity index is 2.26. The van der Waals surface area contributed by atoms with Crippen molar-refractivity contribution in [1.82, 2.24) is 4.57 Å². The molecular weight excluding hydrogens is 334 g/mol. The van der Waals surface area contributed by atoms with Crippen LogP contribution in [0.25, 0.3) is 0 Å². The first-order valence-corrected chi connectivity index (χ1v) is 7.62. The number of carbonyl (C=O) groups excluding carboxylic acids is 3. The van der Waals surface area contributed by atoms with E-state index in [-0.39, 0.29) is 28.2 Å². The van der Waals surface area contributed by atoms with Crippen LogP contribution in [0.15, 0.2) is 29.8 Å². The summed E-state index contributed by atoms with van der Waals surface area (Å²) < 4.78 is 10.7. The van der Waals surface area contributed by atoms with Gasteiger partial charge in [0.1, 0.15) is 6.54 Å². The number of thiazole rings is 1. The van der Waals surface area contributed by atoms with E-state index in [2.05, 4.69) is 14.8 Å². The van der Waals surface area contributed by atoms with Gasteiger partial charge in [0.2, 0.25) is 5.91 Å². The molecule has 2 rings (SSSR count). The molecule has 0 saturated heterocycles. The lowest BCUT2D eigenvalue weighted by Crippen LogP contribution is -2.24. The van der Waals surface area contributed by atoms with E-state index in [1.807, 2.05) is 0 Å². The van der Waals surface area contributed by atoms with Gasteiger partial charge in [-0.15, -0.1) is 11.3 Å². The summed E-state index contributed by atoms with van der Waals surface area (Å²) >= 11 is 1.20. The van der Waals surface area contributed by atoms with Gasteiger partial charge in [0, 0.05) is 17.3 Å². The number of nitrogens with zero attached hydrogens (tertiary/aromatic N) is 1. The van der Waals surface area contributed by atoms with E-state index >= 15 is 0 Å². The summed E-state index contributed by atoms with van der Waals surface area (Å²) in [6.07, 6.45) is 1.62. The van der Waals surface area contributed by atoms with E-state index in [0.717, 1.165) is 0 Å². The molecule has 0 atom stereocenters. The zero-order valence-corrected chi connectivity index (χ0v) is 13.8. The Kier molecular flexibility index (Phi) is 5.48. The van der Waals surface area contributed by atoms with Gasteiger partial charge in [0.05, 0.1) is 25.3 Å². The lowest BCUT2D eigenvalue weighted by molar-refractivity contribution is -0.116. The van der Waals surface area contributed by atoms with Gasteiger partial charge < -0.3 is 19.4 Å². The van der Waals surface area contributed by atoms with Crippen molar-refractivity contribution in [2.75, 3.05) is 19.5 Å². The molecule has 0 saturated carbocycles. The Morgan fingerprint density at radius 2 is 1.71 bits per heavy atom. The summed E-state index contributed by atoms with van der Waals surface area (Å²) in [6.45, 7) is -0.0572. The molecule has 1 aromatic heterocycles. The minimum Gasteiger partial charge on any atom is -0.465 e. The van der Waals surface area contributed by atoms with E-state index in [9.17, 15) is 14.4 Å². The van der Waals surface area contributed by atoms with Crippen LogP contribution < -0.4 is 10.1 Å². The van der Waals surface area contributed by atoms with E-state index in [0.29, 0.717) is 0 Å². The van der Waals surface area contributed by atoms with Crippen LogP contribution >= 0.6 is 11.3 Å². The zero-order valence-electron chi connectivity index (χ0n) is 13.0. The maximum Gasteiger partial charge on any atom is 0.337 e. The minimum atomic E-state index is -0.642. The first kappa shape index (κ1) is 17.4. The van der Waals surface area contributed by atoms with Crippen molar-refractivity contribution in [3.05, 3.63) is 45.7 Å². The van der Waals surface area contributed by atoms with Crippen LogP contribution in [0.2, 0.25) is 0 Å². The number of rotatable bonds is 5. The number of amides is 1. The Hall–Kier alpha value is -2.94. The van der Waals surface area contributed by atoms with Crippen LogP contribution in [-0.2, 0) is 20.8 Å². The highest BCUT2D eigenvalue weighted by molar-refractivity contribution is 7.06. The van der Waals surface area contributed by atoms with Crippen molar-refractivity contribution in [2.24, 2.45) is 0 Å². The van der Waals surface area contributed by atoms with Crippen LogP contribution in [0.1, 0.15) is 20.7 Å². The van der Waals surface area contributed by atoms with Crippen LogP contribution in [-0.4, -0.2) is 36.6 Å². The molecule has 0 unspecified atom stereocenters. The van der Waals surface area contributed by atoms with Gasteiger partial charge >= 0.3 is 11.9 Å². The lowest BCUT2D eigenvalue weighted by atomic mass is 10.1. The maximum absolute atomic E-state index is 12.1. The Labute approximate surface area is 141 Å². The van der Waals surface area contributed by atoms with Gasteiger partial charge in [-0.2, -0.15) is 0 Å². The number of benzene rings is 1. The second-order valence-electron chi connectivity index (χ2n) is 4.67. The summed E-state index contributed by atoms with van der Waals surface area (Å²) in [5.74, 6) is -1.68. The molecule has 8 nitrogen and oxygen atoms in total. The second kappa shape index (κ2) is 7.55. The molecule has 0 fully saturated rings. The lowest BCUT2D eigenvalue weighted by Gasteiger charge is -2.10. The van der Waals surface area contributed by atoms with Crippen LogP contribution in [0.4, 0.5) is 5.69 Å². The predicted octanol–water partition coefficient (Wildman–Crippen LogP) is 1.24. The smallest absolute Gasteiger partial charge is 0.337 e. The molecule has 0 aliphatic rings. The molecule has 0 aliphatic heterocycles. The van der Waals surface area contributed by atoms with Gasteiger partial charge in [-0.05, 0) is 18.2 Å². The molecule has 0 bridgehead atoms. The molecule has 9 heteroatoms. The Morgan fingerprint density at radius 1 is 1.12 bits per heavy atom. The largest absolute Gasteiger partial charge is 0.465 e. The van der Waals surface area contributed by atoms with Crippen LogP contribution in [0.3, 0.4) is 0 Å².